The van der Waals surface area contributed by atoms with Crippen LogP contribution in [0.2, 0.25) is 0 Å². The molecule has 2 fully saturated rings. The zero-order valence-electron chi connectivity index (χ0n) is 16.8. The van der Waals surface area contributed by atoms with Crippen molar-refractivity contribution in [2.24, 2.45) is 17.8 Å². The van der Waals surface area contributed by atoms with Crippen molar-refractivity contribution in [3.05, 3.63) is 41.7 Å². The number of tetrazole rings is 1. The van der Waals surface area contributed by atoms with E-state index in [4.69, 9.17) is 4.74 Å². The third-order valence-corrected chi connectivity index (χ3v) is 6.47. The predicted octanol–water partition coefficient (Wildman–Crippen LogP) is 2.66. The number of rotatable bonds is 6. The van der Waals surface area contributed by atoms with E-state index in [1.807, 2.05) is 30.3 Å². The summed E-state index contributed by atoms with van der Waals surface area (Å²) < 4.78 is 5.43. The first-order chi connectivity index (χ1) is 14.6. The zero-order valence-corrected chi connectivity index (χ0v) is 16.8. The fraction of sp³-hybridized carbons (Fsp3) is 0.571. The number of amides is 1. The van der Waals surface area contributed by atoms with Crippen LogP contribution in [-0.2, 0) is 22.6 Å². The van der Waals surface area contributed by atoms with Crippen molar-refractivity contribution in [3.8, 4) is 0 Å². The third-order valence-electron chi connectivity index (χ3n) is 6.47. The van der Waals surface area contributed by atoms with Gasteiger partial charge in [0.05, 0.1) is 0 Å². The number of carbonyl (C=O) groups excluding carboxylic acids is 1. The average molecular weight is 413 g/mol. The summed E-state index contributed by atoms with van der Waals surface area (Å²) in [5.74, 6) is 0.922. The Balaban J connectivity index is 1.34. The van der Waals surface area contributed by atoms with Crippen LogP contribution >= 0.6 is 0 Å². The van der Waals surface area contributed by atoms with Crippen LogP contribution in [-0.4, -0.2) is 55.3 Å². The molecular weight excluding hydrogens is 386 g/mol. The summed E-state index contributed by atoms with van der Waals surface area (Å²) in [7, 11) is 0. The van der Waals surface area contributed by atoms with Gasteiger partial charge in [0.1, 0.15) is 12.6 Å². The second-order valence-electron chi connectivity index (χ2n) is 8.35. The highest BCUT2D eigenvalue weighted by Gasteiger charge is 2.44. The molecule has 30 heavy (non-hydrogen) atoms. The Morgan fingerprint density at radius 2 is 2.00 bits per heavy atom. The molecule has 2 heterocycles. The van der Waals surface area contributed by atoms with E-state index in [9.17, 15) is 14.7 Å². The van der Waals surface area contributed by atoms with Crippen molar-refractivity contribution in [2.75, 3.05) is 6.54 Å². The molecule has 2 aromatic rings. The largest absolute Gasteiger partial charge is 0.480 e. The minimum Gasteiger partial charge on any atom is -0.480 e. The van der Waals surface area contributed by atoms with Gasteiger partial charge in [-0.2, -0.15) is 5.21 Å². The van der Waals surface area contributed by atoms with Gasteiger partial charge in [-0.3, -0.25) is 4.90 Å². The summed E-state index contributed by atoms with van der Waals surface area (Å²) in [6, 6.07) is 8.59. The van der Waals surface area contributed by atoms with Crippen molar-refractivity contribution in [1.29, 1.82) is 0 Å². The predicted molar refractivity (Wildman–Crippen MR) is 106 cm³/mol. The Hall–Kier alpha value is -2.97. The quantitative estimate of drug-likeness (QED) is 0.746. The van der Waals surface area contributed by atoms with E-state index < -0.39 is 18.1 Å². The van der Waals surface area contributed by atoms with Crippen LogP contribution in [0.1, 0.15) is 43.5 Å². The van der Waals surface area contributed by atoms with Crippen LogP contribution in [0, 0.1) is 17.8 Å². The Morgan fingerprint density at radius 3 is 2.73 bits per heavy atom. The standard InChI is InChI=1S/C21H27N5O4/c27-20(28)18-11-17-10-14(7-9-19-22-24-25-23-19)6-8-16(17)12-26(18)21(29)30-13-15-4-2-1-3-5-15/h1-5,14,16-18H,6-13H2,(H,27,28)(H,22,23,24,25)/t14-,16+,17-,18+/m1/s1. The van der Waals surface area contributed by atoms with Crippen molar-refractivity contribution < 1.29 is 19.4 Å². The van der Waals surface area contributed by atoms with E-state index in [2.05, 4.69) is 20.6 Å². The number of hydrogen-bond acceptors (Lipinski definition) is 6. The van der Waals surface area contributed by atoms with Gasteiger partial charge in [0, 0.05) is 13.0 Å². The summed E-state index contributed by atoms with van der Waals surface area (Å²) in [5, 5.41) is 23.8. The lowest BCUT2D eigenvalue weighted by Gasteiger charge is -2.45. The molecule has 0 bridgehead atoms. The fourth-order valence-corrected chi connectivity index (χ4v) is 4.87. The summed E-state index contributed by atoms with van der Waals surface area (Å²) in [6.07, 6.45) is 4.75. The van der Waals surface area contributed by atoms with Gasteiger partial charge in [0.25, 0.3) is 0 Å². The number of carbonyl (C=O) groups is 2. The molecule has 1 aromatic carbocycles. The number of aromatic nitrogens is 4. The van der Waals surface area contributed by atoms with Gasteiger partial charge in [-0.1, -0.05) is 42.0 Å². The molecule has 1 saturated carbocycles. The van der Waals surface area contributed by atoms with Gasteiger partial charge < -0.3 is 9.84 Å². The molecule has 0 unspecified atom stereocenters. The molecule has 160 valence electrons. The van der Waals surface area contributed by atoms with E-state index in [1.165, 1.54) is 4.90 Å². The second kappa shape index (κ2) is 9.23. The lowest BCUT2D eigenvalue weighted by Crippen LogP contribution is -2.54. The van der Waals surface area contributed by atoms with Crippen molar-refractivity contribution in [1.82, 2.24) is 25.5 Å². The van der Waals surface area contributed by atoms with Crippen LogP contribution in [0.4, 0.5) is 4.79 Å². The molecule has 0 radical (unpaired) electrons. The maximum atomic E-state index is 12.7. The van der Waals surface area contributed by atoms with E-state index in [1.54, 1.807) is 0 Å². The van der Waals surface area contributed by atoms with Crippen LogP contribution < -0.4 is 0 Å². The molecule has 9 nitrogen and oxygen atoms in total. The third kappa shape index (κ3) is 4.77. The number of piperidine rings is 1. The summed E-state index contributed by atoms with van der Waals surface area (Å²) >= 11 is 0. The molecular formula is C21H27N5O4. The highest BCUT2D eigenvalue weighted by molar-refractivity contribution is 5.80. The van der Waals surface area contributed by atoms with Crippen molar-refractivity contribution >= 4 is 12.1 Å². The number of aryl methyl sites for hydroxylation is 1. The summed E-state index contributed by atoms with van der Waals surface area (Å²) in [6.45, 7) is 0.599. The average Bonchev–Trinajstić information content (AvgIpc) is 3.29. The van der Waals surface area contributed by atoms with Crippen LogP contribution in [0.25, 0.3) is 0 Å². The Morgan fingerprint density at radius 1 is 1.17 bits per heavy atom. The molecule has 1 aliphatic heterocycles. The zero-order chi connectivity index (χ0) is 20.9. The second-order valence-corrected chi connectivity index (χ2v) is 8.35. The Kier molecular flexibility index (Phi) is 6.25. The molecule has 0 spiro atoms. The number of aromatic amines is 1. The smallest absolute Gasteiger partial charge is 0.410 e. The topological polar surface area (TPSA) is 121 Å². The number of carboxylic acid groups (broad SMARTS) is 1. The monoisotopic (exact) mass is 413 g/mol. The molecule has 9 heteroatoms. The van der Waals surface area contributed by atoms with Gasteiger partial charge in [-0.15, -0.1) is 10.2 Å². The number of likely N-dealkylation sites (tertiary alicyclic amines) is 1. The lowest BCUT2D eigenvalue weighted by atomic mass is 9.68. The van der Waals surface area contributed by atoms with Gasteiger partial charge in [0.15, 0.2) is 5.82 Å². The number of ether oxygens (including phenoxy) is 1. The molecule has 1 amide bonds. The first kappa shape index (κ1) is 20.3. The van der Waals surface area contributed by atoms with Crippen LogP contribution in [0.5, 0.6) is 0 Å². The van der Waals surface area contributed by atoms with E-state index in [-0.39, 0.29) is 6.61 Å². The van der Waals surface area contributed by atoms with Crippen molar-refractivity contribution in [3.63, 3.8) is 0 Å². The molecule has 1 aliphatic carbocycles. The lowest BCUT2D eigenvalue weighted by molar-refractivity contribution is -0.146. The van der Waals surface area contributed by atoms with Gasteiger partial charge in [-0.25, -0.2) is 9.59 Å². The van der Waals surface area contributed by atoms with Gasteiger partial charge >= 0.3 is 12.1 Å². The van der Waals surface area contributed by atoms with E-state index >= 15 is 0 Å². The van der Waals surface area contributed by atoms with Crippen LogP contribution in [0.3, 0.4) is 0 Å². The van der Waals surface area contributed by atoms with E-state index in [0.717, 1.165) is 43.5 Å². The SMILES string of the molecule is O=C(O)[C@@H]1C[C@H]2C[C@@H](CCc3nn[nH]n3)CC[C@H]2CN1C(=O)OCc1ccccc1. The number of nitrogens with zero attached hydrogens (tertiary/aromatic N) is 4. The molecule has 2 N–H and O–H groups in total. The highest BCUT2D eigenvalue weighted by atomic mass is 16.6. The number of fused-ring (bicyclic) bond motifs is 1. The number of aliphatic carboxylic acids is 1. The fourth-order valence-electron chi connectivity index (χ4n) is 4.87. The Bertz CT molecular complexity index is 844. The number of hydrogen-bond donors (Lipinski definition) is 2. The Labute approximate surface area is 174 Å². The number of carboxylic acids is 1. The molecule has 1 saturated heterocycles. The molecule has 4 rings (SSSR count). The molecule has 2 aliphatic rings. The molecule has 4 atom stereocenters. The highest BCUT2D eigenvalue weighted by Crippen LogP contribution is 2.42. The molecule has 1 aromatic heterocycles. The van der Waals surface area contributed by atoms with Gasteiger partial charge in [0.2, 0.25) is 0 Å². The number of benzene rings is 1. The number of nitrogens with one attached hydrogen (secondary N) is 1. The normalized spacial score (nSPS) is 26.1. The number of H-pyrrole nitrogens is 1. The first-order valence-electron chi connectivity index (χ1n) is 10.5. The van der Waals surface area contributed by atoms with Gasteiger partial charge in [-0.05, 0) is 49.0 Å². The van der Waals surface area contributed by atoms with E-state index in [0.29, 0.717) is 30.7 Å². The first-order valence-corrected chi connectivity index (χ1v) is 10.5. The summed E-state index contributed by atoms with van der Waals surface area (Å²) in [5.41, 5.74) is 0.884. The minimum atomic E-state index is -0.959. The van der Waals surface area contributed by atoms with Crippen molar-refractivity contribution in [2.45, 2.75) is 51.2 Å². The maximum Gasteiger partial charge on any atom is 0.410 e. The van der Waals surface area contributed by atoms with Crippen LogP contribution in [0.15, 0.2) is 30.3 Å². The minimum absolute atomic E-state index is 0.148. The summed E-state index contributed by atoms with van der Waals surface area (Å²) in [4.78, 5) is 26.0. The maximum absolute atomic E-state index is 12.7.